The molecule has 5 heteroatoms. The van der Waals surface area contributed by atoms with Gasteiger partial charge in [0.15, 0.2) is 0 Å². The smallest absolute Gasteiger partial charge is 0.277 e. The highest BCUT2D eigenvalue weighted by Gasteiger charge is 2.31. The van der Waals surface area contributed by atoms with Gasteiger partial charge >= 0.3 is 0 Å². The van der Waals surface area contributed by atoms with Crippen LogP contribution in [0.2, 0.25) is 0 Å². The van der Waals surface area contributed by atoms with Gasteiger partial charge in [-0.1, -0.05) is 30.3 Å². The molecule has 3 aromatic rings. The summed E-state index contributed by atoms with van der Waals surface area (Å²) in [6.07, 6.45) is 2.52. The summed E-state index contributed by atoms with van der Waals surface area (Å²) in [6, 6.07) is 19.6. The SMILES string of the molecule is CCOc1ccccc1Nc1ccnc(C(=O)N2c3ccccc3CC2C)c1. The number of nitrogens with one attached hydrogen (secondary N) is 1. The van der Waals surface area contributed by atoms with Crippen molar-refractivity contribution in [2.45, 2.75) is 26.3 Å². The fraction of sp³-hybridized carbons (Fsp3) is 0.217. The third-order valence-electron chi connectivity index (χ3n) is 4.87. The van der Waals surface area contributed by atoms with Crippen LogP contribution in [0.25, 0.3) is 0 Å². The molecule has 2 heterocycles. The Morgan fingerprint density at radius 3 is 2.82 bits per heavy atom. The molecule has 1 N–H and O–H groups in total. The molecule has 0 aliphatic carbocycles. The average Bonchev–Trinajstić information content (AvgIpc) is 3.05. The van der Waals surface area contributed by atoms with Crippen molar-refractivity contribution in [3.05, 3.63) is 78.1 Å². The van der Waals surface area contributed by atoms with Crippen LogP contribution in [0.15, 0.2) is 66.9 Å². The van der Waals surface area contributed by atoms with Gasteiger partial charge in [0, 0.05) is 23.6 Å². The summed E-state index contributed by atoms with van der Waals surface area (Å²) >= 11 is 0. The van der Waals surface area contributed by atoms with Gasteiger partial charge in [-0.2, -0.15) is 0 Å². The van der Waals surface area contributed by atoms with E-state index in [0.29, 0.717) is 12.3 Å². The van der Waals surface area contributed by atoms with Crippen LogP contribution < -0.4 is 15.0 Å². The van der Waals surface area contributed by atoms with E-state index in [4.69, 9.17) is 4.74 Å². The molecular formula is C23H23N3O2. The van der Waals surface area contributed by atoms with E-state index in [2.05, 4.69) is 23.3 Å². The van der Waals surface area contributed by atoms with E-state index in [1.165, 1.54) is 5.56 Å². The van der Waals surface area contributed by atoms with Crippen molar-refractivity contribution < 1.29 is 9.53 Å². The number of carbonyl (C=O) groups is 1. The lowest BCUT2D eigenvalue weighted by atomic mass is 10.1. The van der Waals surface area contributed by atoms with Crippen molar-refractivity contribution in [1.29, 1.82) is 0 Å². The maximum atomic E-state index is 13.2. The van der Waals surface area contributed by atoms with Gasteiger partial charge < -0.3 is 15.0 Å². The quantitative estimate of drug-likeness (QED) is 0.697. The molecule has 0 fully saturated rings. The Hall–Kier alpha value is -3.34. The first kappa shape index (κ1) is 18.0. The zero-order chi connectivity index (χ0) is 19.5. The zero-order valence-electron chi connectivity index (χ0n) is 16.1. The molecule has 1 unspecified atom stereocenters. The molecule has 1 aliphatic heterocycles. The molecule has 0 spiro atoms. The van der Waals surface area contributed by atoms with Crippen LogP contribution in [-0.4, -0.2) is 23.5 Å². The van der Waals surface area contributed by atoms with Crippen molar-refractivity contribution in [3.63, 3.8) is 0 Å². The molecule has 1 aliphatic rings. The number of fused-ring (bicyclic) bond motifs is 1. The van der Waals surface area contributed by atoms with E-state index in [0.717, 1.165) is 29.2 Å². The number of hydrogen-bond acceptors (Lipinski definition) is 4. The third-order valence-corrected chi connectivity index (χ3v) is 4.87. The van der Waals surface area contributed by atoms with E-state index in [1.807, 2.05) is 60.4 Å². The van der Waals surface area contributed by atoms with Crippen molar-refractivity contribution in [2.24, 2.45) is 0 Å². The van der Waals surface area contributed by atoms with Gasteiger partial charge in [0.1, 0.15) is 11.4 Å². The van der Waals surface area contributed by atoms with Gasteiger partial charge in [-0.15, -0.1) is 0 Å². The first-order valence-electron chi connectivity index (χ1n) is 9.53. The maximum absolute atomic E-state index is 13.2. The second-order valence-electron chi connectivity index (χ2n) is 6.84. The molecular weight excluding hydrogens is 350 g/mol. The van der Waals surface area contributed by atoms with E-state index >= 15 is 0 Å². The minimum absolute atomic E-state index is 0.0841. The van der Waals surface area contributed by atoms with E-state index in [9.17, 15) is 4.79 Å². The monoisotopic (exact) mass is 373 g/mol. The Bertz CT molecular complexity index is 1000. The summed E-state index contributed by atoms with van der Waals surface area (Å²) in [6.45, 7) is 4.61. The lowest BCUT2D eigenvalue weighted by Gasteiger charge is -2.22. The lowest BCUT2D eigenvalue weighted by molar-refractivity contribution is 0.0976. The zero-order valence-corrected chi connectivity index (χ0v) is 16.1. The maximum Gasteiger partial charge on any atom is 0.277 e. The van der Waals surface area contributed by atoms with Crippen molar-refractivity contribution >= 4 is 23.0 Å². The Kier molecular flexibility index (Phi) is 4.98. The summed E-state index contributed by atoms with van der Waals surface area (Å²) in [5, 5.41) is 3.34. The minimum Gasteiger partial charge on any atom is -0.492 e. The average molecular weight is 373 g/mol. The predicted octanol–water partition coefficient (Wildman–Crippen LogP) is 4.82. The number of hydrogen-bond donors (Lipinski definition) is 1. The van der Waals surface area contributed by atoms with Crippen LogP contribution in [0.1, 0.15) is 29.9 Å². The number of amides is 1. The van der Waals surface area contributed by atoms with Gasteiger partial charge in [-0.25, -0.2) is 0 Å². The Morgan fingerprint density at radius 1 is 1.18 bits per heavy atom. The van der Waals surface area contributed by atoms with Crippen molar-refractivity contribution in [1.82, 2.24) is 4.98 Å². The molecule has 0 radical (unpaired) electrons. The Balaban J connectivity index is 1.60. The van der Waals surface area contributed by atoms with Crippen LogP contribution in [0.5, 0.6) is 5.75 Å². The number of nitrogens with zero attached hydrogens (tertiary/aromatic N) is 2. The number of pyridine rings is 1. The number of anilines is 3. The molecule has 1 amide bonds. The second kappa shape index (κ2) is 7.72. The summed E-state index contributed by atoms with van der Waals surface area (Å²) in [5.41, 5.74) is 4.24. The number of benzene rings is 2. The standard InChI is InChI=1S/C23H23N3O2/c1-3-28-22-11-7-5-9-19(22)25-18-12-13-24-20(15-18)23(27)26-16(2)14-17-8-4-6-10-21(17)26/h4-13,15-16H,3,14H2,1-2H3,(H,24,25). The van der Waals surface area contributed by atoms with Crippen LogP contribution in [-0.2, 0) is 6.42 Å². The molecule has 0 bridgehead atoms. The normalized spacial score (nSPS) is 15.2. The predicted molar refractivity (Wildman–Crippen MR) is 112 cm³/mol. The number of carbonyl (C=O) groups excluding carboxylic acids is 1. The fourth-order valence-electron chi connectivity index (χ4n) is 3.63. The summed E-state index contributed by atoms with van der Waals surface area (Å²) in [7, 11) is 0. The number of ether oxygens (including phenoxy) is 1. The second-order valence-corrected chi connectivity index (χ2v) is 6.84. The molecule has 1 atom stereocenters. The fourth-order valence-corrected chi connectivity index (χ4v) is 3.63. The van der Waals surface area contributed by atoms with E-state index in [1.54, 1.807) is 12.3 Å². The Morgan fingerprint density at radius 2 is 1.96 bits per heavy atom. The third kappa shape index (κ3) is 3.43. The summed E-state index contributed by atoms with van der Waals surface area (Å²) in [4.78, 5) is 19.4. The van der Waals surface area contributed by atoms with Crippen LogP contribution in [0, 0.1) is 0 Å². The van der Waals surface area contributed by atoms with Crippen LogP contribution in [0.3, 0.4) is 0 Å². The number of rotatable bonds is 5. The molecule has 5 nitrogen and oxygen atoms in total. The lowest BCUT2D eigenvalue weighted by Crippen LogP contribution is -2.36. The number of aromatic nitrogens is 1. The van der Waals surface area contributed by atoms with Crippen LogP contribution in [0.4, 0.5) is 17.1 Å². The molecule has 0 saturated heterocycles. The highest BCUT2D eigenvalue weighted by Crippen LogP contribution is 2.33. The molecule has 1 aromatic heterocycles. The molecule has 0 saturated carbocycles. The van der Waals surface area contributed by atoms with E-state index < -0.39 is 0 Å². The van der Waals surface area contributed by atoms with Gasteiger partial charge in [-0.05, 0) is 56.2 Å². The molecule has 2 aromatic carbocycles. The van der Waals surface area contributed by atoms with Crippen molar-refractivity contribution in [2.75, 3.05) is 16.8 Å². The molecule has 28 heavy (non-hydrogen) atoms. The van der Waals surface area contributed by atoms with Gasteiger partial charge in [0.25, 0.3) is 5.91 Å². The highest BCUT2D eigenvalue weighted by molar-refractivity contribution is 6.07. The van der Waals surface area contributed by atoms with Gasteiger partial charge in [-0.3, -0.25) is 9.78 Å². The highest BCUT2D eigenvalue weighted by atomic mass is 16.5. The van der Waals surface area contributed by atoms with Gasteiger partial charge in [0.2, 0.25) is 0 Å². The summed E-state index contributed by atoms with van der Waals surface area (Å²) in [5.74, 6) is 0.691. The molecule has 142 valence electrons. The van der Waals surface area contributed by atoms with Crippen molar-refractivity contribution in [3.8, 4) is 5.75 Å². The largest absolute Gasteiger partial charge is 0.492 e. The first-order chi connectivity index (χ1) is 13.7. The molecule has 4 rings (SSSR count). The summed E-state index contributed by atoms with van der Waals surface area (Å²) < 4.78 is 5.67. The Labute approximate surface area is 165 Å². The van der Waals surface area contributed by atoms with E-state index in [-0.39, 0.29) is 11.9 Å². The number of para-hydroxylation sites is 3. The first-order valence-corrected chi connectivity index (χ1v) is 9.53. The van der Waals surface area contributed by atoms with Crippen LogP contribution >= 0.6 is 0 Å². The van der Waals surface area contributed by atoms with Gasteiger partial charge in [0.05, 0.1) is 12.3 Å². The topological polar surface area (TPSA) is 54.5 Å². The minimum atomic E-state index is -0.0841.